The van der Waals surface area contributed by atoms with Crippen LogP contribution in [0, 0.1) is 0 Å². The predicted molar refractivity (Wildman–Crippen MR) is 112 cm³/mol. The summed E-state index contributed by atoms with van der Waals surface area (Å²) in [7, 11) is 0. The highest BCUT2D eigenvalue weighted by molar-refractivity contribution is 6.30. The van der Waals surface area contributed by atoms with Gasteiger partial charge in [-0.3, -0.25) is 4.79 Å². The van der Waals surface area contributed by atoms with Gasteiger partial charge in [-0.25, -0.2) is 4.68 Å². The van der Waals surface area contributed by atoms with Crippen LogP contribution in [0.3, 0.4) is 0 Å². The highest BCUT2D eigenvalue weighted by atomic mass is 35.5. The molecule has 0 radical (unpaired) electrons. The molecule has 2 aromatic carbocycles. The third kappa shape index (κ3) is 3.45. The number of anilines is 1. The van der Waals surface area contributed by atoms with E-state index < -0.39 is 11.9 Å². The fourth-order valence-electron chi connectivity index (χ4n) is 3.50. The van der Waals surface area contributed by atoms with Gasteiger partial charge in [0.15, 0.2) is 5.82 Å². The Kier molecular flexibility index (Phi) is 4.98. The van der Waals surface area contributed by atoms with Crippen molar-refractivity contribution in [3.63, 3.8) is 0 Å². The van der Waals surface area contributed by atoms with Gasteiger partial charge in [0, 0.05) is 21.8 Å². The summed E-state index contributed by atoms with van der Waals surface area (Å²) in [5.41, 5.74) is 8.35. The molecule has 0 saturated carbocycles. The Hall–Kier alpha value is -3.32. The van der Waals surface area contributed by atoms with Gasteiger partial charge in [0.1, 0.15) is 11.8 Å². The monoisotopic (exact) mass is 409 g/mol. The molecule has 148 valence electrons. The number of allylic oxidation sites excluding steroid dienone is 1. The second-order valence-electron chi connectivity index (χ2n) is 6.62. The molecular weight excluding hydrogens is 390 g/mol. The summed E-state index contributed by atoms with van der Waals surface area (Å²) in [4.78, 5) is 17.0. The fraction of sp³-hybridized carbons (Fsp3) is 0.190. The first kappa shape index (κ1) is 19.0. The Morgan fingerprint density at radius 2 is 2.07 bits per heavy atom. The molecule has 0 bridgehead atoms. The molecule has 8 heteroatoms. The number of primary amides is 1. The van der Waals surface area contributed by atoms with Crippen LogP contribution in [0.1, 0.15) is 25.5 Å². The van der Waals surface area contributed by atoms with Crippen LogP contribution in [0.5, 0.6) is 5.75 Å². The van der Waals surface area contributed by atoms with E-state index in [1.54, 1.807) is 23.7 Å². The average molecular weight is 410 g/mol. The van der Waals surface area contributed by atoms with Crippen LogP contribution in [0.4, 0.5) is 5.95 Å². The Morgan fingerprint density at radius 1 is 1.28 bits per heavy atom. The largest absolute Gasteiger partial charge is 0.494 e. The average Bonchev–Trinajstić information content (AvgIpc) is 3.11. The van der Waals surface area contributed by atoms with Gasteiger partial charge in [-0.2, -0.15) is 4.98 Å². The number of benzene rings is 2. The molecule has 0 aliphatic carbocycles. The molecule has 0 fully saturated rings. The van der Waals surface area contributed by atoms with E-state index in [0.29, 0.717) is 40.4 Å². The van der Waals surface area contributed by atoms with Gasteiger partial charge in [-0.15, -0.1) is 5.10 Å². The van der Waals surface area contributed by atoms with Crippen molar-refractivity contribution >= 4 is 23.5 Å². The summed E-state index contributed by atoms with van der Waals surface area (Å²) in [6.07, 6.45) is 0. The summed E-state index contributed by atoms with van der Waals surface area (Å²) in [5, 5.41) is 8.41. The zero-order chi connectivity index (χ0) is 20.5. The maximum absolute atomic E-state index is 12.4. The molecule has 1 amide bonds. The van der Waals surface area contributed by atoms with E-state index in [1.165, 1.54) is 0 Å². The van der Waals surface area contributed by atoms with Crippen molar-refractivity contribution in [3.8, 4) is 17.1 Å². The Morgan fingerprint density at radius 3 is 2.79 bits per heavy atom. The topological polar surface area (TPSA) is 95.1 Å². The minimum absolute atomic E-state index is 0.409. The number of halogens is 1. The number of carbonyl (C=O) groups excluding carboxylic acids is 1. The van der Waals surface area contributed by atoms with Crippen LogP contribution < -0.4 is 15.8 Å². The smallest absolute Gasteiger partial charge is 0.248 e. The standard InChI is InChI=1S/C21H20ClN5O2/c1-3-29-16-10-5-4-9-15(16)18-17(19(23)28)12(2)24-21-25-20(26-27(18)21)13-7-6-8-14(22)11-13/h4-11,18H,3H2,1-2H3,(H2,23,28)(H,24,25,26)/t18-/m1/s1. The molecule has 3 N–H and O–H groups in total. The molecule has 4 rings (SSSR count). The molecule has 3 aromatic rings. The quantitative estimate of drug-likeness (QED) is 0.668. The van der Waals surface area contributed by atoms with E-state index in [4.69, 9.17) is 22.1 Å². The van der Waals surface area contributed by atoms with E-state index in [9.17, 15) is 4.79 Å². The van der Waals surface area contributed by atoms with Gasteiger partial charge < -0.3 is 15.8 Å². The second-order valence-corrected chi connectivity index (χ2v) is 7.05. The lowest BCUT2D eigenvalue weighted by atomic mass is 9.94. The SMILES string of the molecule is CCOc1ccccc1[C@@H]1C(C(N)=O)=C(C)Nc2nc(-c3cccc(Cl)c3)nn21. The predicted octanol–water partition coefficient (Wildman–Crippen LogP) is 3.77. The van der Waals surface area contributed by atoms with E-state index in [2.05, 4.69) is 15.4 Å². The number of hydrogen-bond donors (Lipinski definition) is 2. The van der Waals surface area contributed by atoms with Crippen LogP contribution in [-0.4, -0.2) is 27.3 Å². The summed E-state index contributed by atoms with van der Waals surface area (Å²) in [6, 6.07) is 14.3. The first-order valence-corrected chi connectivity index (χ1v) is 9.59. The highest BCUT2D eigenvalue weighted by Gasteiger charge is 2.35. The van der Waals surface area contributed by atoms with Gasteiger partial charge in [0.05, 0.1) is 12.2 Å². The molecule has 0 saturated heterocycles. The normalized spacial score (nSPS) is 15.6. The van der Waals surface area contributed by atoms with Crippen molar-refractivity contribution in [2.24, 2.45) is 5.73 Å². The Labute approximate surface area is 173 Å². The lowest BCUT2D eigenvalue weighted by Gasteiger charge is -2.28. The van der Waals surface area contributed by atoms with Gasteiger partial charge in [-0.1, -0.05) is 41.9 Å². The fourth-order valence-corrected chi connectivity index (χ4v) is 3.69. The van der Waals surface area contributed by atoms with Crippen molar-refractivity contribution in [1.82, 2.24) is 14.8 Å². The molecule has 0 unspecified atom stereocenters. The number of rotatable bonds is 5. The van der Waals surface area contributed by atoms with Crippen molar-refractivity contribution in [2.75, 3.05) is 11.9 Å². The van der Waals surface area contributed by atoms with E-state index in [1.807, 2.05) is 43.3 Å². The number of fused-ring (bicyclic) bond motifs is 1. The molecule has 7 nitrogen and oxygen atoms in total. The van der Waals surface area contributed by atoms with Crippen LogP contribution in [0.2, 0.25) is 5.02 Å². The van der Waals surface area contributed by atoms with E-state index in [-0.39, 0.29) is 0 Å². The highest BCUT2D eigenvalue weighted by Crippen LogP contribution is 2.39. The van der Waals surface area contributed by atoms with Crippen LogP contribution >= 0.6 is 11.6 Å². The number of aromatic nitrogens is 3. The van der Waals surface area contributed by atoms with E-state index in [0.717, 1.165) is 11.1 Å². The summed E-state index contributed by atoms with van der Waals surface area (Å²) < 4.78 is 7.47. The molecule has 29 heavy (non-hydrogen) atoms. The molecule has 2 heterocycles. The second kappa shape index (κ2) is 7.60. The zero-order valence-electron chi connectivity index (χ0n) is 16.0. The van der Waals surface area contributed by atoms with Crippen molar-refractivity contribution in [1.29, 1.82) is 0 Å². The van der Waals surface area contributed by atoms with Crippen LogP contribution in [0.15, 0.2) is 59.8 Å². The Bertz CT molecular complexity index is 1120. The van der Waals surface area contributed by atoms with Gasteiger partial charge in [0.25, 0.3) is 0 Å². The minimum Gasteiger partial charge on any atom is -0.494 e. The van der Waals surface area contributed by atoms with Gasteiger partial charge >= 0.3 is 0 Å². The maximum atomic E-state index is 12.4. The van der Waals surface area contributed by atoms with Crippen molar-refractivity contribution in [2.45, 2.75) is 19.9 Å². The van der Waals surface area contributed by atoms with Crippen LogP contribution in [0.25, 0.3) is 11.4 Å². The minimum atomic E-state index is -0.563. The number of para-hydroxylation sites is 1. The molecular formula is C21H20ClN5O2. The third-order valence-corrected chi connectivity index (χ3v) is 4.95. The van der Waals surface area contributed by atoms with Crippen molar-refractivity contribution in [3.05, 3.63) is 70.4 Å². The zero-order valence-corrected chi connectivity index (χ0v) is 16.8. The van der Waals surface area contributed by atoms with Crippen molar-refractivity contribution < 1.29 is 9.53 Å². The van der Waals surface area contributed by atoms with Gasteiger partial charge in [-0.05, 0) is 32.0 Å². The lowest BCUT2D eigenvalue weighted by molar-refractivity contribution is -0.115. The maximum Gasteiger partial charge on any atom is 0.248 e. The molecule has 1 aliphatic rings. The van der Waals surface area contributed by atoms with Gasteiger partial charge in [0.2, 0.25) is 11.9 Å². The first-order chi connectivity index (χ1) is 14.0. The number of nitrogens with zero attached hydrogens (tertiary/aromatic N) is 3. The third-order valence-electron chi connectivity index (χ3n) is 4.71. The van der Waals surface area contributed by atoms with E-state index >= 15 is 0 Å². The first-order valence-electron chi connectivity index (χ1n) is 9.21. The molecule has 0 spiro atoms. The number of carbonyl (C=O) groups is 1. The lowest BCUT2D eigenvalue weighted by Crippen LogP contribution is -2.32. The summed E-state index contributed by atoms with van der Waals surface area (Å²) >= 11 is 6.13. The number of ether oxygens (including phenoxy) is 1. The Balaban J connectivity index is 1.91. The molecule has 1 atom stereocenters. The molecule has 1 aliphatic heterocycles. The number of nitrogens with one attached hydrogen (secondary N) is 1. The number of hydrogen-bond acceptors (Lipinski definition) is 5. The summed E-state index contributed by atoms with van der Waals surface area (Å²) in [6.45, 7) is 4.20. The summed E-state index contributed by atoms with van der Waals surface area (Å²) in [5.74, 6) is 1.14. The number of amides is 1. The number of nitrogens with two attached hydrogens (primary N) is 1. The van der Waals surface area contributed by atoms with Crippen LogP contribution in [-0.2, 0) is 4.79 Å². The molecule has 1 aromatic heterocycles.